The number of benzene rings is 2. The zero-order chi connectivity index (χ0) is 25.8. The summed E-state index contributed by atoms with van der Waals surface area (Å²) in [5.41, 5.74) is 2.62. The fraction of sp³-hybridized carbons (Fsp3) is 0.440. The van der Waals surface area contributed by atoms with Gasteiger partial charge in [-0.1, -0.05) is 40.2 Å². The molecule has 2 rings (SSSR count). The Morgan fingerprint density at radius 3 is 2.21 bits per heavy atom. The van der Waals surface area contributed by atoms with Crippen LogP contribution in [-0.4, -0.2) is 49.5 Å². The van der Waals surface area contributed by atoms with Gasteiger partial charge in [-0.15, -0.1) is 0 Å². The van der Waals surface area contributed by atoms with Crippen LogP contribution >= 0.6 is 15.9 Å². The van der Waals surface area contributed by atoms with E-state index in [2.05, 4.69) is 21.2 Å². The molecule has 34 heavy (non-hydrogen) atoms. The van der Waals surface area contributed by atoms with Crippen molar-refractivity contribution in [1.82, 2.24) is 10.2 Å². The van der Waals surface area contributed by atoms with Crippen LogP contribution in [0, 0.1) is 13.8 Å². The van der Waals surface area contributed by atoms with Crippen LogP contribution in [0.2, 0.25) is 0 Å². The molecule has 0 spiro atoms. The topological polar surface area (TPSA) is 86.8 Å². The summed E-state index contributed by atoms with van der Waals surface area (Å²) in [4.78, 5) is 28.0. The number of rotatable bonds is 8. The van der Waals surface area contributed by atoms with Crippen LogP contribution in [0.3, 0.4) is 0 Å². The first-order chi connectivity index (χ1) is 15.6. The molecule has 2 amide bonds. The zero-order valence-corrected chi connectivity index (χ0v) is 23.2. The highest BCUT2D eigenvalue weighted by atomic mass is 79.9. The first-order valence-corrected chi connectivity index (χ1v) is 13.6. The van der Waals surface area contributed by atoms with Crippen molar-refractivity contribution in [2.24, 2.45) is 0 Å². The lowest BCUT2D eigenvalue weighted by Crippen LogP contribution is -2.54. The smallest absolute Gasteiger partial charge is 0.244 e. The molecule has 0 saturated carbocycles. The van der Waals surface area contributed by atoms with Crippen LogP contribution in [0.25, 0.3) is 0 Å². The molecule has 0 radical (unpaired) electrons. The summed E-state index contributed by atoms with van der Waals surface area (Å²) in [6.45, 7) is 10.8. The molecule has 0 bridgehead atoms. The number of nitrogens with one attached hydrogen (secondary N) is 1. The van der Waals surface area contributed by atoms with Crippen LogP contribution in [0.1, 0.15) is 44.4 Å². The lowest BCUT2D eigenvalue weighted by molar-refractivity contribution is -0.140. The Hall–Kier alpha value is -2.39. The maximum atomic E-state index is 13.6. The molecule has 0 aliphatic heterocycles. The summed E-state index contributed by atoms with van der Waals surface area (Å²) in [6.07, 6.45) is 1.07. The van der Waals surface area contributed by atoms with Crippen molar-refractivity contribution in [3.05, 3.63) is 63.6 Å². The van der Waals surface area contributed by atoms with Crippen molar-refractivity contribution in [1.29, 1.82) is 0 Å². The molecule has 0 fully saturated rings. The van der Waals surface area contributed by atoms with Crippen LogP contribution in [0.15, 0.2) is 46.9 Å². The number of halogens is 1. The molecule has 0 aliphatic carbocycles. The summed E-state index contributed by atoms with van der Waals surface area (Å²) in [5.74, 6) is -0.773. The van der Waals surface area contributed by atoms with E-state index in [4.69, 9.17) is 0 Å². The van der Waals surface area contributed by atoms with Gasteiger partial charge in [0.15, 0.2) is 0 Å². The molecule has 2 aromatic rings. The van der Waals surface area contributed by atoms with Gasteiger partial charge in [0.2, 0.25) is 21.8 Å². The van der Waals surface area contributed by atoms with Gasteiger partial charge in [-0.3, -0.25) is 13.9 Å². The van der Waals surface area contributed by atoms with E-state index in [1.165, 1.54) is 4.90 Å². The minimum Gasteiger partial charge on any atom is -0.350 e. The van der Waals surface area contributed by atoms with Crippen molar-refractivity contribution in [3.8, 4) is 0 Å². The monoisotopic (exact) mass is 551 g/mol. The van der Waals surface area contributed by atoms with E-state index in [1.54, 1.807) is 25.1 Å². The Morgan fingerprint density at radius 1 is 1.06 bits per heavy atom. The molecule has 0 unspecified atom stereocenters. The number of sulfonamides is 1. The minimum absolute atomic E-state index is 0.182. The second-order valence-corrected chi connectivity index (χ2v) is 12.3. The lowest BCUT2D eigenvalue weighted by atomic mass is 10.1. The number of amides is 2. The first kappa shape index (κ1) is 27.9. The number of carbonyl (C=O) groups excluding carboxylic acids is 2. The van der Waals surface area contributed by atoms with Gasteiger partial charge in [0.25, 0.3) is 0 Å². The highest BCUT2D eigenvalue weighted by molar-refractivity contribution is 9.10. The molecule has 186 valence electrons. The van der Waals surface area contributed by atoms with Gasteiger partial charge in [-0.2, -0.15) is 0 Å². The standard InChI is InChI=1S/C25H34BrN3O4S/c1-17-10-8-9-11-20(17)15-28(19(3)24(31)27-25(4,5)6)23(30)16-29(34(7,32)33)21-12-13-22(26)18(2)14-21/h8-14,19H,15-16H2,1-7H3,(H,27,31)/t19-/m1/s1. The number of anilines is 1. The molecule has 7 nitrogen and oxygen atoms in total. The van der Waals surface area contributed by atoms with E-state index in [9.17, 15) is 18.0 Å². The van der Waals surface area contributed by atoms with Gasteiger partial charge in [0, 0.05) is 16.6 Å². The summed E-state index contributed by atoms with van der Waals surface area (Å²) >= 11 is 3.42. The van der Waals surface area contributed by atoms with Crippen molar-refractivity contribution >= 4 is 43.5 Å². The van der Waals surface area contributed by atoms with Crippen molar-refractivity contribution < 1.29 is 18.0 Å². The van der Waals surface area contributed by atoms with E-state index in [0.29, 0.717) is 5.69 Å². The lowest BCUT2D eigenvalue weighted by Gasteiger charge is -2.33. The van der Waals surface area contributed by atoms with Gasteiger partial charge < -0.3 is 10.2 Å². The predicted octanol–water partition coefficient (Wildman–Crippen LogP) is 4.16. The van der Waals surface area contributed by atoms with Gasteiger partial charge >= 0.3 is 0 Å². The highest BCUT2D eigenvalue weighted by Gasteiger charge is 2.31. The van der Waals surface area contributed by atoms with Crippen LogP contribution < -0.4 is 9.62 Å². The molecule has 0 aromatic heterocycles. The van der Waals surface area contributed by atoms with Crippen molar-refractivity contribution in [2.45, 2.75) is 59.7 Å². The predicted molar refractivity (Wildman–Crippen MR) is 140 cm³/mol. The normalized spacial score (nSPS) is 12.7. The van der Waals surface area contributed by atoms with Crippen LogP contribution in [-0.2, 0) is 26.2 Å². The Labute approximate surface area is 211 Å². The maximum Gasteiger partial charge on any atom is 0.244 e. The quantitative estimate of drug-likeness (QED) is 0.533. The van der Waals surface area contributed by atoms with Crippen LogP contribution in [0.4, 0.5) is 5.69 Å². The van der Waals surface area contributed by atoms with E-state index >= 15 is 0 Å². The Morgan fingerprint density at radius 2 is 1.68 bits per heavy atom. The van der Waals surface area contributed by atoms with Gasteiger partial charge in [0.1, 0.15) is 12.6 Å². The fourth-order valence-corrected chi connectivity index (χ4v) is 4.51. The summed E-state index contributed by atoms with van der Waals surface area (Å²) in [7, 11) is -3.76. The number of aryl methyl sites for hydroxylation is 2. The Kier molecular flexibility index (Phi) is 8.93. The van der Waals surface area contributed by atoms with E-state index < -0.39 is 34.1 Å². The molecule has 1 atom stereocenters. The Bertz CT molecular complexity index is 1160. The molecular formula is C25H34BrN3O4S. The maximum absolute atomic E-state index is 13.6. The molecule has 0 saturated heterocycles. The number of nitrogens with zero attached hydrogens (tertiary/aromatic N) is 2. The summed E-state index contributed by atoms with van der Waals surface area (Å²) in [5, 5.41) is 2.91. The second kappa shape index (κ2) is 10.9. The third-order valence-electron chi connectivity index (χ3n) is 5.38. The third kappa shape index (κ3) is 7.56. The number of hydrogen-bond donors (Lipinski definition) is 1. The summed E-state index contributed by atoms with van der Waals surface area (Å²) < 4.78 is 27.2. The van der Waals surface area contributed by atoms with Gasteiger partial charge in [-0.05, 0) is 76.4 Å². The molecule has 2 aromatic carbocycles. The van der Waals surface area contributed by atoms with Gasteiger partial charge in [0.05, 0.1) is 11.9 Å². The molecule has 0 aliphatic rings. The van der Waals surface area contributed by atoms with E-state index in [-0.39, 0.29) is 12.5 Å². The van der Waals surface area contributed by atoms with Crippen molar-refractivity contribution in [2.75, 3.05) is 17.1 Å². The molecule has 1 N–H and O–H groups in total. The first-order valence-electron chi connectivity index (χ1n) is 11.0. The number of hydrogen-bond acceptors (Lipinski definition) is 4. The minimum atomic E-state index is -3.76. The summed E-state index contributed by atoms with van der Waals surface area (Å²) in [6, 6.07) is 11.9. The average molecular weight is 553 g/mol. The molecule has 0 heterocycles. The zero-order valence-electron chi connectivity index (χ0n) is 20.8. The fourth-order valence-electron chi connectivity index (χ4n) is 3.43. The van der Waals surface area contributed by atoms with Crippen LogP contribution in [0.5, 0.6) is 0 Å². The largest absolute Gasteiger partial charge is 0.350 e. The number of carbonyl (C=O) groups is 2. The van der Waals surface area contributed by atoms with Gasteiger partial charge in [-0.25, -0.2) is 8.42 Å². The van der Waals surface area contributed by atoms with E-state index in [1.807, 2.05) is 58.9 Å². The second-order valence-electron chi connectivity index (χ2n) is 9.57. The SMILES string of the molecule is Cc1cc(N(CC(=O)N(Cc2ccccc2C)[C@H](C)C(=O)NC(C)(C)C)S(C)(=O)=O)ccc1Br. The molecular weight excluding hydrogens is 518 g/mol. The Balaban J connectivity index is 2.44. The highest BCUT2D eigenvalue weighted by Crippen LogP contribution is 2.25. The molecule has 9 heteroatoms. The third-order valence-corrected chi connectivity index (χ3v) is 7.41. The van der Waals surface area contributed by atoms with Crippen molar-refractivity contribution in [3.63, 3.8) is 0 Å². The van der Waals surface area contributed by atoms with E-state index in [0.717, 1.165) is 31.7 Å². The average Bonchev–Trinajstić information content (AvgIpc) is 2.70.